The Morgan fingerprint density at radius 2 is 2.30 bits per heavy atom. The molecule has 0 aromatic carbocycles. The van der Waals surface area contributed by atoms with E-state index in [9.17, 15) is 0 Å². The van der Waals surface area contributed by atoms with E-state index in [1.807, 2.05) is 19.1 Å². The molecule has 6 nitrogen and oxygen atoms in total. The highest BCUT2D eigenvalue weighted by molar-refractivity contribution is 5.69. The van der Waals surface area contributed by atoms with Gasteiger partial charge in [0, 0.05) is 25.9 Å². The van der Waals surface area contributed by atoms with Crippen LogP contribution in [0.2, 0.25) is 0 Å². The lowest BCUT2D eigenvalue weighted by atomic mass is 10.2. The van der Waals surface area contributed by atoms with Crippen LogP contribution in [-0.4, -0.2) is 40.9 Å². The Labute approximate surface area is 117 Å². The Morgan fingerprint density at radius 3 is 3.10 bits per heavy atom. The molecule has 1 saturated heterocycles. The molecule has 106 valence electrons. The molecule has 0 spiro atoms. The quantitative estimate of drug-likeness (QED) is 0.835. The zero-order chi connectivity index (χ0) is 13.9. The van der Waals surface area contributed by atoms with Crippen molar-refractivity contribution in [1.82, 2.24) is 15.1 Å². The van der Waals surface area contributed by atoms with Crippen LogP contribution in [0.25, 0.3) is 11.5 Å². The topological polar surface area (TPSA) is 64.3 Å². The van der Waals surface area contributed by atoms with E-state index in [0.29, 0.717) is 11.7 Å². The van der Waals surface area contributed by atoms with E-state index < -0.39 is 0 Å². The smallest absolute Gasteiger partial charge is 0.261 e. The number of anilines is 1. The average molecular weight is 274 g/mol. The highest BCUT2D eigenvalue weighted by atomic mass is 16.5. The first-order chi connectivity index (χ1) is 9.74. The summed E-state index contributed by atoms with van der Waals surface area (Å²) in [5, 5.41) is 3.86. The molecule has 20 heavy (non-hydrogen) atoms. The van der Waals surface area contributed by atoms with Gasteiger partial charge in [0.1, 0.15) is 5.82 Å². The number of rotatable bonds is 2. The van der Waals surface area contributed by atoms with Crippen LogP contribution < -0.4 is 4.90 Å². The van der Waals surface area contributed by atoms with Crippen molar-refractivity contribution >= 4 is 5.82 Å². The third kappa shape index (κ3) is 2.65. The fraction of sp³-hybridized carbons (Fsp3) is 0.500. The van der Waals surface area contributed by atoms with Gasteiger partial charge in [-0.05, 0) is 32.4 Å². The summed E-state index contributed by atoms with van der Waals surface area (Å²) in [6.45, 7) is 6.42. The van der Waals surface area contributed by atoms with Crippen LogP contribution in [-0.2, 0) is 4.74 Å². The van der Waals surface area contributed by atoms with Gasteiger partial charge in [-0.15, -0.1) is 0 Å². The summed E-state index contributed by atoms with van der Waals surface area (Å²) in [4.78, 5) is 11.0. The molecule has 0 bridgehead atoms. The van der Waals surface area contributed by atoms with Crippen LogP contribution in [0, 0.1) is 6.92 Å². The van der Waals surface area contributed by atoms with Gasteiger partial charge in [0.25, 0.3) is 5.89 Å². The minimum absolute atomic E-state index is 0.191. The zero-order valence-electron chi connectivity index (χ0n) is 11.7. The number of aryl methyl sites for hydroxylation is 1. The van der Waals surface area contributed by atoms with Crippen molar-refractivity contribution in [2.24, 2.45) is 0 Å². The summed E-state index contributed by atoms with van der Waals surface area (Å²) >= 11 is 0. The molecule has 3 heterocycles. The number of aromatic nitrogens is 3. The average Bonchev–Trinajstić information content (AvgIpc) is 2.76. The molecular weight excluding hydrogens is 256 g/mol. The minimum atomic E-state index is 0.191. The zero-order valence-corrected chi connectivity index (χ0v) is 11.7. The van der Waals surface area contributed by atoms with Gasteiger partial charge in [0.05, 0.1) is 11.7 Å². The fourth-order valence-corrected chi connectivity index (χ4v) is 2.41. The Hall–Kier alpha value is -1.95. The summed E-state index contributed by atoms with van der Waals surface area (Å²) in [6.07, 6.45) is 2.97. The number of nitrogens with zero attached hydrogens (tertiary/aromatic N) is 4. The van der Waals surface area contributed by atoms with Gasteiger partial charge in [0.2, 0.25) is 0 Å². The van der Waals surface area contributed by atoms with Gasteiger partial charge in [-0.2, -0.15) is 4.98 Å². The number of ether oxygens (including phenoxy) is 1. The van der Waals surface area contributed by atoms with E-state index in [-0.39, 0.29) is 6.10 Å². The van der Waals surface area contributed by atoms with Crippen molar-refractivity contribution < 1.29 is 9.26 Å². The number of hydrogen-bond donors (Lipinski definition) is 0. The highest BCUT2D eigenvalue weighted by Crippen LogP contribution is 2.28. The Bertz CT molecular complexity index is 584. The van der Waals surface area contributed by atoms with Crippen molar-refractivity contribution in [2.45, 2.75) is 26.4 Å². The Balaban J connectivity index is 1.96. The van der Waals surface area contributed by atoms with E-state index in [1.165, 1.54) is 0 Å². The second-order valence-electron chi connectivity index (χ2n) is 5.00. The first kappa shape index (κ1) is 13.1. The SMILES string of the molecule is Cc1noc(-c2cccnc2N2CCCO[C@@H](C)C2)n1. The highest BCUT2D eigenvalue weighted by Gasteiger charge is 2.21. The summed E-state index contributed by atoms with van der Waals surface area (Å²) < 4.78 is 11.0. The molecular formula is C14H18N4O2. The first-order valence-electron chi connectivity index (χ1n) is 6.86. The molecule has 0 saturated carbocycles. The molecule has 0 aliphatic carbocycles. The monoisotopic (exact) mass is 274 g/mol. The molecule has 0 amide bonds. The van der Waals surface area contributed by atoms with Crippen molar-refractivity contribution in [1.29, 1.82) is 0 Å². The lowest BCUT2D eigenvalue weighted by Gasteiger charge is -2.24. The van der Waals surface area contributed by atoms with Gasteiger partial charge in [-0.1, -0.05) is 5.16 Å². The second-order valence-corrected chi connectivity index (χ2v) is 5.00. The normalized spacial score (nSPS) is 19.9. The van der Waals surface area contributed by atoms with Crippen LogP contribution in [0.1, 0.15) is 19.2 Å². The maximum Gasteiger partial charge on any atom is 0.261 e. The van der Waals surface area contributed by atoms with Crippen molar-refractivity contribution in [3.8, 4) is 11.5 Å². The summed E-state index contributed by atoms with van der Waals surface area (Å²) in [6, 6.07) is 3.85. The lowest BCUT2D eigenvalue weighted by molar-refractivity contribution is 0.0820. The van der Waals surface area contributed by atoms with Gasteiger partial charge in [0.15, 0.2) is 5.82 Å². The molecule has 6 heteroatoms. The first-order valence-corrected chi connectivity index (χ1v) is 6.86. The summed E-state index contributed by atoms with van der Waals surface area (Å²) in [5.74, 6) is 2.03. The van der Waals surface area contributed by atoms with E-state index in [1.54, 1.807) is 6.20 Å². The standard InChI is InChI=1S/C14H18N4O2/c1-10-9-18(7-4-8-19-10)13-12(5-3-6-15-13)14-16-11(2)17-20-14/h3,5-6,10H,4,7-9H2,1-2H3/t10-/m0/s1. The van der Waals surface area contributed by atoms with E-state index in [4.69, 9.17) is 9.26 Å². The van der Waals surface area contributed by atoms with Gasteiger partial charge < -0.3 is 14.2 Å². The maximum absolute atomic E-state index is 5.68. The van der Waals surface area contributed by atoms with Crippen LogP contribution in [0.15, 0.2) is 22.9 Å². The molecule has 2 aromatic rings. The van der Waals surface area contributed by atoms with Gasteiger partial charge in [-0.3, -0.25) is 0 Å². The van der Waals surface area contributed by atoms with Crippen LogP contribution in [0.3, 0.4) is 0 Å². The van der Waals surface area contributed by atoms with Crippen molar-refractivity contribution in [3.05, 3.63) is 24.2 Å². The van der Waals surface area contributed by atoms with E-state index in [2.05, 4.69) is 26.9 Å². The van der Waals surface area contributed by atoms with E-state index >= 15 is 0 Å². The second kappa shape index (κ2) is 5.58. The van der Waals surface area contributed by atoms with Crippen LogP contribution >= 0.6 is 0 Å². The third-order valence-electron chi connectivity index (χ3n) is 3.30. The minimum Gasteiger partial charge on any atom is -0.377 e. The predicted octanol–water partition coefficient (Wildman–Crippen LogP) is 2.06. The van der Waals surface area contributed by atoms with Crippen LogP contribution in [0.4, 0.5) is 5.82 Å². The summed E-state index contributed by atoms with van der Waals surface area (Å²) in [5.41, 5.74) is 0.877. The van der Waals surface area contributed by atoms with Crippen molar-refractivity contribution in [3.63, 3.8) is 0 Å². The molecule has 1 aliphatic heterocycles. The summed E-state index contributed by atoms with van der Waals surface area (Å²) in [7, 11) is 0. The molecule has 1 fully saturated rings. The Morgan fingerprint density at radius 1 is 1.40 bits per heavy atom. The molecule has 0 radical (unpaired) electrons. The Kier molecular flexibility index (Phi) is 3.64. The molecule has 0 N–H and O–H groups in total. The maximum atomic E-state index is 5.68. The molecule has 2 aromatic heterocycles. The molecule has 0 unspecified atom stereocenters. The molecule has 1 atom stereocenters. The fourth-order valence-electron chi connectivity index (χ4n) is 2.41. The number of pyridine rings is 1. The molecule has 3 rings (SSSR count). The van der Waals surface area contributed by atoms with E-state index in [0.717, 1.165) is 37.5 Å². The molecule has 1 aliphatic rings. The van der Waals surface area contributed by atoms with Gasteiger partial charge in [-0.25, -0.2) is 4.98 Å². The predicted molar refractivity (Wildman–Crippen MR) is 74.5 cm³/mol. The third-order valence-corrected chi connectivity index (χ3v) is 3.30. The van der Waals surface area contributed by atoms with Gasteiger partial charge >= 0.3 is 0 Å². The number of hydrogen-bond acceptors (Lipinski definition) is 6. The van der Waals surface area contributed by atoms with Crippen LogP contribution in [0.5, 0.6) is 0 Å². The lowest BCUT2D eigenvalue weighted by Crippen LogP contribution is -2.31. The largest absolute Gasteiger partial charge is 0.377 e. The van der Waals surface area contributed by atoms with Crippen molar-refractivity contribution in [2.75, 3.05) is 24.6 Å².